The van der Waals surface area contributed by atoms with Crippen LogP contribution in [0.15, 0.2) is 30.6 Å². The van der Waals surface area contributed by atoms with E-state index >= 15 is 0 Å². The van der Waals surface area contributed by atoms with Crippen LogP contribution in [0.2, 0.25) is 0 Å². The summed E-state index contributed by atoms with van der Waals surface area (Å²) in [6.07, 6.45) is 1.33. The lowest BCUT2D eigenvalue weighted by Gasteiger charge is -2.09. The van der Waals surface area contributed by atoms with E-state index in [9.17, 15) is 4.79 Å². The molecule has 0 radical (unpaired) electrons. The number of imidazole rings is 1. The lowest BCUT2D eigenvalue weighted by atomic mass is 10.3. The number of aromatic nitrogens is 2. The minimum Gasteiger partial charge on any atom is -0.442 e. The molecule has 1 N–H and O–H groups in total. The van der Waals surface area contributed by atoms with Gasteiger partial charge in [-0.2, -0.15) is 0 Å². The van der Waals surface area contributed by atoms with E-state index in [0.717, 1.165) is 11.0 Å². The normalized spacial score (nSPS) is 19.8. The van der Waals surface area contributed by atoms with Gasteiger partial charge in [0.05, 0.1) is 30.5 Å². The SMILES string of the molecule is O=C1NCC(Cn2cnc3ccccc32)O1. The van der Waals surface area contributed by atoms with Gasteiger partial charge in [-0.1, -0.05) is 12.1 Å². The molecule has 0 saturated carbocycles. The molecule has 1 aliphatic heterocycles. The number of rotatable bonds is 2. The third-order valence-corrected chi connectivity index (χ3v) is 2.68. The lowest BCUT2D eigenvalue weighted by molar-refractivity contribution is 0.131. The molecule has 1 amide bonds. The summed E-state index contributed by atoms with van der Waals surface area (Å²) in [7, 11) is 0. The first-order chi connectivity index (χ1) is 7.83. The highest BCUT2D eigenvalue weighted by molar-refractivity contribution is 5.75. The molecule has 1 aliphatic rings. The molecule has 3 rings (SSSR count). The average molecular weight is 217 g/mol. The number of ether oxygens (including phenoxy) is 1. The number of fused-ring (bicyclic) bond motifs is 1. The number of carbonyl (C=O) groups excluding carboxylic acids is 1. The van der Waals surface area contributed by atoms with Gasteiger partial charge in [-0.05, 0) is 12.1 Å². The molecular weight excluding hydrogens is 206 g/mol. The van der Waals surface area contributed by atoms with Crippen molar-refractivity contribution < 1.29 is 9.53 Å². The Labute approximate surface area is 92.0 Å². The first kappa shape index (κ1) is 9.21. The van der Waals surface area contributed by atoms with E-state index in [1.54, 1.807) is 6.33 Å². The van der Waals surface area contributed by atoms with Crippen LogP contribution in [0.3, 0.4) is 0 Å². The molecule has 0 bridgehead atoms. The summed E-state index contributed by atoms with van der Waals surface area (Å²) in [5, 5.41) is 2.64. The Balaban J connectivity index is 1.86. The first-order valence-corrected chi connectivity index (χ1v) is 5.17. The Kier molecular flexibility index (Phi) is 2.02. The van der Waals surface area contributed by atoms with E-state index < -0.39 is 0 Å². The van der Waals surface area contributed by atoms with E-state index in [4.69, 9.17) is 4.74 Å². The average Bonchev–Trinajstić information content (AvgIpc) is 2.87. The summed E-state index contributed by atoms with van der Waals surface area (Å²) in [5.74, 6) is 0. The second kappa shape index (κ2) is 3.52. The number of nitrogens with zero attached hydrogens (tertiary/aromatic N) is 2. The number of hydrogen-bond acceptors (Lipinski definition) is 3. The zero-order valence-electron chi connectivity index (χ0n) is 8.59. The first-order valence-electron chi connectivity index (χ1n) is 5.17. The van der Waals surface area contributed by atoms with E-state index in [2.05, 4.69) is 10.3 Å². The molecule has 16 heavy (non-hydrogen) atoms. The molecule has 1 aromatic heterocycles. The number of amides is 1. The molecule has 1 aromatic carbocycles. The maximum Gasteiger partial charge on any atom is 0.407 e. The molecular formula is C11H11N3O2. The van der Waals surface area contributed by atoms with Crippen molar-refractivity contribution in [3.05, 3.63) is 30.6 Å². The third kappa shape index (κ3) is 1.50. The Bertz CT molecular complexity index is 535. The largest absolute Gasteiger partial charge is 0.442 e. The minimum atomic E-state index is -0.338. The number of hydrogen-bond donors (Lipinski definition) is 1. The predicted molar refractivity (Wildman–Crippen MR) is 58.0 cm³/mol. The van der Waals surface area contributed by atoms with Crippen molar-refractivity contribution >= 4 is 17.1 Å². The number of para-hydroxylation sites is 2. The monoisotopic (exact) mass is 217 g/mol. The van der Waals surface area contributed by atoms with E-state index in [-0.39, 0.29) is 12.2 Å². The standard InChI is InChI=1S/C11H11N3O2/c15-11-12-5-8(16-11)6-14-7-13-9-3-1-2-4-10(9)14/h1-4,7-8H,5-6H2,(H,12,15). The van der Waals surface area contributed by atoms with Gasteiger partial charge in [0.2, 0.25) is 0 Å². The third-order valence-electron chi connectivity index (χ3n) is 2.68. The zero-order valence-corrected chi connectivity index (χ0v) is 8.59. The number of benzene rings is 1. The highest BCUT2D eigenvalue weighted by Crippen LogP contribution is 2.13. The summed E-state index contributed by atoms with van der Waals surface area (Å²) < 4.78 is 7.09. The molecule has 5 heteroatoms. The molecule has 0 aliphatic carbocycles. The lowest BCUT2D eigenvalue weighted by Crippen LogP contribution is -2.20. The fourth-order valence-electron chi connectivity index (χ4n) is 1.91. The highest BCUT2D eigenvalue weighted by atomic mass is 16.6. The molecule has 0 spiro atoms. The van der Waals surface area contributed by atoms with E-state index in [1.807, 2.05) is 28.8 Å². The molecule has 1 saturated heterocycles. The van der Waals surface area contributed by atoms with E-state index in [1.165, 1.54) is 0 Å². The summed E-state index contributed by atoms with van der Waals surface area (Å²) in [6, 6.07) is 7.90. The van der Waals surface area contributed by atoms with Gasteiger partial charge in [-0.25, -0.2) is 9.78 Å². The Morgan fingerprint density at radius 2 is 2.38 bits per heavy atom. The zero-order chi connectivity index (χ0) is 11.0. The van der Waals surface area contributed by atoms with Crippen LogP contribution in [0.25, 0.3) is 11.0 Å². The van der Waals surface area contributed by atoms with Crippen LogP contribution < -0.4 is 5.32 Å². The highest BCUT2D eigenvalue weighted by Gasteiger charge is 2.23. The molecule has 1 unspecified atom stereocenters. The molecule has 82 valence electrons. The van der Waals surface area contributed by atoms with Crippen molar-refractivity contribution in [3.63, 3.8) is 0 Å². The molecule has 1 atom stereocenters. The van der Waals surface area contributed by atoms with Gasteiger partial charge in [-0.3, -0.25) is 0 Å². The van der Waals surface area contributed by atoms with Crippen LogP contribution in [0.4, 0.5) is 4.79 Å². The Morgan fingerprint density at radius 1 is 1.50 bits per heavy atom. The summed E-state index contributed by atoms with van der Waals surface area (Å²) in [6.45, 7) is 1.20. The summed E-state index contributed by atoms with van der Waals surface area (Å²) in [5.41, 5.74) is 2.02. The van der Waals surface area contributed by atoms with Gasteiger partial charge in [0.25, 0.3) is 0 Å². The summed E-state index contributed by atoms with van der Waals surface area (Å²) >= 11 is 0. The van der Waals surface area contributed by atoms with Gasteiger partial charge in [-0.15, -0.1) is 0 Å². The molecule has 2 heterocycles. The maximum atomic E-state index is 10.9. The smallest absolute Gasteiger partial charge is 0.407 e. The quantitative estimate of drug-likeness (QED) is 0.820. The molecule has 1 fully saturated rings. The topological polar surface area (TPSA) is 56.2 Å². The number of nitrogens with one attached hydrogen (secondary N) is 1. The van der Waals surface area contributed by atoms with Crippen LogP contribution in [0.5, 0.6) is 0 Å². The van der Waals surface area contributed by atoms with Crippen molar-refractivity contribution in [3.8, 4) is 0 Å². The Hall–Kier alpha value is -2.04. The maximum absolute atomic E-state index is 10.9. The van der Waals surface area contributed by atoms with Crippen LogP contribution in [-0.4, -0.2) is 28.3 Å². The predicted octanol–water partition coefficient (Wildman–Crippen LogP) is 1.14. The molecule has 5 nitrogen and oxygen atoms in total. The van der Waals surface area contributed by atoms with Crippen LogP contribution >= 0.6 is 0 Å². The van der Waals surface area contributed by atoms with Crippen molar-refractivity contribution in [1.82, 2.24) is 14.9 Å². The van der Waals surface area contributed by atoms with Crippen molar-refractivity contribution in [1.29, 1.82) is 0 Å². The van der Waals surface area contributed by atoms with Gasteiger partial charge in [0.15, 0.2) is 0 Å². The Morgan fingerprint density at radius 3 is 3.19 bits per heavy atom. The van der Waals surface area contributed by atoms with Gasteiger partial charge < -0.3 is 14.6 Å². The van der Waals surface area contributed by atoms with E-state index in [0.29, 0.717) is 13.1 Å². The fraction of sp³-hybridized carbons (Fsp3) is 0.273. The summed E-state index contributed by atoms with van der Waals surface area (Å²) in [4.78, 5) is 15.2. The van der Waals surface area contributed by atoms with Crippen LogP contribution in [-0.2, 0) is 11.3 Å². The van der Waals surface area contributed by atoms with Crippen LogP contribution in [0, 0.1) is 0 Å². The second-order valence-corrected chi connectivity index (χ2v) is 3.79. The van der Waals surface area contributed by atoms with Crippen molar-refractivity contribution in [2.75, 3.05) is 6.54 Å². The van der Waals surface area contributed by atoms with Gasteiger partial charge in [0.1, 0.15) is 6.10 Å². The second-order valence-electron chi connectivity index (χ2n) is 3.79. The number of carbonyl (C=O) groups is 1. The molecule has 2 aromatic rings. The number of cyclic esters (lactones) is 1. The minimum absolute atomic E-state index is 0.106. The van der Waals surface area contributed by atoms with Crippen LogP contribution in [0.1, 0.15) is 0 Å². The number of alkyl carbamates (subject to hydrolysis) is 1. The fourth-order valence-corrected chi connectivity index (χ4v) is 1.91. The van der Waals surface area contributed by atoms with Crippen molar-refractivity contribution in [2.24, 2.45) is 0 Å². The van der Waals surface area contributed by atoms with Gasteiger partial charge in [0, 0.05) is 0 Å². The van der Waals surface area contributed by atoms with Crippen molar-refractivity contribution in [2.45, 2.75) is 12.6 Å². The van der Waals surface area contributed by atoms with Gasteiger partial charge >= 0.3 is 6.09 Å².